The van der Waals surface area contributed by atoms with Crippen molar-refractivity contribution in [3.63, 3.8) is 0 Å². The molecule has 23 heavy (non-hydrogen) atoms. The molecular formula is C18H17BrO4. The van der Waals surface area contributed by atoms with Crippen LogP contribution in [-0.4, -0.2) is 18.9 Å². The number of carbonyl (C=O) groups is 2. The number of ether oxygens (including phenoxy) is 2. The van der Waals surface area contributed by atoms with Crippen LogP contribution in [0, 0.1) is 0 Å². The smallest absolute Gasteiger partial charge is 0.351 e. The molecule has 2 aromatic rings. The highest BCUT2D eigenvalue weighted by Gasteiger charge is 2.25. The van der Waals surface area contributed by atoms with Crippen molar-refractivity contribution < 1.29 is 19.1 Å². The molecule has 5 heteroatoms. The SMILES string of the molecule is COC(=O)C(Oc1ccc(CBr)cc1C(C)=O)c1ccccc1. The third-order valence-electron chi connectivity index (χ3n) is 3.34. The first kappa shape index (κ1) is 17.2. The van der Waals surface area contributed by atoms with Gasteiger partial charge < -0.3 is 9.47 Å². The Kier molecular flexibility index (Phi) is 5.93. The zero-order chi connectivity index (χ0) is 16.8. The minimum Gasteiger partial charge on any atom is -0.473 e. The Bertz CT molecular complexity index is 697. The lowest BCUT2D eigenvalue weighted by Crippen LogP contribution is -2.21. The molecule has 0 aliphatic carbocycles. The molecule has 4 nitrogen and oxygen atoms in total. The van der Waals surface area contributed by atoms with Crippen molar-refractivity contribution in [2.24, 2.45) is 0 Å². The lowest BCUT2D eigenvalue weighted by Gasteiger charge is -2.19. The number of Topliss-reactive ketones (excluding diaryl/α,β-unsaturated/α-hetero) is 1. The summed E-state index contributed by atoms with van der Waals surface area (Å²) in [5, 5.41) is 0.632. The molecule has 0 bridgehead atoms. The summed E-state index contributed by atoms with van der Waals surface area (Å²) in [5.74, 6) is -0.281. The van der Waals surface area contributed by atoms with Crippen LogP contribution in [-0.2, 0) is 14.9 Å². The highest BCUT2D eigenvalue weighted by atomic mass is 79.9. The number of carbonyl (C=O) groups excluding carboxylic acids is 2. The van der Waals surface area contributed by atoms with Crippen LogP contribution < -0.4 is 4.74 Å². The van der Waals surface area contributed by atoms with Gasteiger partial charge in [-0.15, -0.1) is 0 Å². The van der Waals surface area contributed by atoms with Gasteiger partial charge in [-0.25, -0.2) is 4.79 Å². The second kappa shape index (κ2) is 7.92. The maximum atomic E-state index is 12.1. The van der Waals surface area contributed by atoms with Gasteiger partial charge in [0.25, 0.3) is 0 Å². The van der Waals surface area contributed by atoms with Gasteiger partial charge in [-0.05, 0) is 24.6 Å². The molecule has 0 saturated carbocycles. The highest BCUT2D eigenvalue weighted by Crippen LogP contribution is 2.28. The number of methoxy groups -OCH3 is 1. The second-order valence-electron chi connectivity index (χ2n) is 4.95. The molecule has 0 heterocycles. The summed E-state index contributed by atoms with van der Waals surface area (Å²) in [6, 6.07) is 14.3. The predicted octanol–water partition coefficient (Wildman–Crippen LogP) is 4.08. The van der Waals surface area contributed by atoms with E-state index in [1.54, 1.807) is 24.3 Å². The molecule has 1 unspecified atom stereocenters. The minimum atomic E-state index is -0.922. The molecule has 2 aromatic carbocycles. The van der Waals surface area contributed by atoms with Crippen LogP contribution in [0.15, 0.2) is 48.5 Å². The topological polar surface area (TPSA) is 52.6 Å². The Morgan fingerprint density at radius 3 is 2.39 bits per heavy atom. The van der Waals surface area contributed by atoms with E-state index in [0.717, 1.165) is 5.56 Å². The number of alkyl halides is 1. The van der Waals surface area contributed by atoms with E-state index in [2.05, 4.69) is 15.9 Å². The van der Waals surface area contributed by atoms with E-state index in [4.69, 9.17) is 9.47 Å². The third kappa shape index (κ3) is 4.20. The summed E-state index contributed by atoms with van der Waals surface area (Å²) < 4.78 is 10.7. The number of rotatable bonds is 6. The molecular weight excluding hydrogens is 360 g/mol. The molecule has 0 aliphatic heterocycles. The van der Waals surface area contributed by atoms with E-state index < -0.39 is 12.1 Å². The predicted molar refractivity (Wildman–Crippen MR) is 90.9 cm³/mol. The molecule has 1 atom stereocenters. The van der Waals surface area contributed by atoms with Gasteiger partial charge in [0.1, 0.15) is 5.75 Å². The van der Waals surface area contributed by atoms with Gasteiger partial charge in [0, 0.05) is 10.9 Å². The Balaban J connectivity index is 2.40. The molecule has 120 valence electrons. The number of ketones is 1. The molecule has 0 spiro atoms. The first-order valence-corrected chi connectivity index (χ1v) is 8.18. The summed E-state index contributed by atoms with van der Waals surface area (Å²) >= 11 is 3.36. The average molecular weight is 377 g/mol. The van der Waals surface area contributed by atoms with Crippen LogP contribution >= 0.6 is 15.9 Å². The van der Waals surface area contributed by atoms with Crippen molar-refractivity contribution in [3.8, 4) is 5.75 Å². The van der Waals surface area contributed by atoms with E-state index in [9.17, 15) is 9.59 Å². The Labute approximate surface area is 143 Å². The van der Waals surface area contributed by atoms with Crippen LogP contribution in [0.25, 0.3) is 0 Å². The van der Waals surface area contributed by atoms with Gasteiger partial charge in [0.15, 0.2) is 5.78 Å². The molecule has 0 N–H and O–H groups in total. The fourth-order valence-corrected chi connectivity index (χ4v) is 2.50. The summed E-state index contributed by atoms with van der Waals surface area (Å²) in [7, 11) is 1.31. The molecule has 0 aliphatic rings. The van der Waals surface area contributed by atoms with E-state index in [0.29, 0.717) is 22.2 Å². The number of hydrogen-bond donors (Lipinski definition) is 0. The minimum absolute atomic E-state index is 0.125. The Morgan fingerprint density at radius 1 is 1.13 bits per heavy atom. The maximum Gasteiger partial charge on any atom is 0.351 e. The van der Waals surface area contributed by atoms with Crippen molar-refractivity contribution in [2.75, 3.05) is 7.11 Å². The van der Waals surface area contributed by atoms with E-state index in [1.807, 2.05) is 24.3 Å². The summed E-state index contributed by atoms with van der Waals surface area (Å²) in [6.45, 7) is 1.47. The van der Waals surface area contributed by atoms with Gasteiger partial charge in [0.2, 0.25) is 6.10 Å². The van der Waals surface area contributed by atoms with Gasteiger partial charge in [0.05, 0.1) is 12.7 Å². The van der Waals surface area contributed by atoms with Crippen molar-refractivity contribution in [2.45, 2.75) is 18.4 Å². The van der Waals surface area contributed by atoms with Crippen LogP contribution in [0.3, 0.4) is 0 Å². The number of esters is 1. The van der Waals surface area contributed by atoms with Crippen LogP contribution in [0.5, 0.6) is 5.75 Å². The molecule has 0 saturated heterocycles. The van der Waals surface area contributed by atoms with Crippen LogP contribution in [0.1, 0.15) is 34.5 Å². The second-order valence-corrected chi connectivity index (χ2v) is 5.51. The summed E-state index contributed by atoms with van der Waals surface area (Å²) in [4.78, 5) is 24.0. The average Bonchev–Trinajstić information content (AvgIpc) is 2.59. The maximum absolute atomic E-state index is 12.1. The fraction of sp³-hybridized carbons (Fsp3) is 0.222. The standard InChI is InChI=1S/C18H17BrO4/c1-12(20)15-10-13(11-19)8-9-16(15)23-17(18(21)22-2)14-6-4-3-5-7-14/h3-10,17H,11H2,1-2H3. The molecule has 0 amide bonds. The number of benzene rings is 2. The lowest BCUT2D eigenvalue weighted by molar-refractivity contribution is -0.149. The van der Waals surface area contributed by atoms with Gasteiger partial charge in [-0.1, -0.05) is 52.3 Å². The van der Waals surface area contributed by atoms with Crippen LogP contribution in [0.2, 0.25) is 0 Å². The first-order chi connectivity index (χ1) is 11.1. The van der Waals surface area contributed by atoms with Gasteiger partial charge in [-0.3, -0.25) is 4.79 Å². The lowest BCUT2D eigenvalue weighted by atomic mass is 10.1. The van der Waals surface area contributed by atoms with E-state index in [1.165, 1.54) is 14.0 Å². The van der Waals surface area contributed by atoms with Crippen molar-refractivity contribution in [1.29, 1.82) is 0 Å². The Hall–Kier alpha value is -2.14. The summed E-state index contributed by atoms with van der Waals surface area (Å²) in [5.41, 5.74) is 2.06. The summed E-state index contributed by atoms with van der Waals surface area (Å²) in [6.07, 6.45) is -0.922. The van der Waals surface area contributed by atoms with Crippen molar-refractivity contribution in [1.82, 2.24) is 0 Å². The normalized spacial score (nSPS) is 11.6. The zero-order valence-electron chi connectivity index (χ0n) is 12.9. The van der Waals surface area contributed by atoms with E-state index >= 15 is 0 Å². The zero-order valence-corrected chi connectivity index (χ0v) is 14.5. The van der Waals surface area contributed by atoms with Crippen LogP contribution in [0.4, 0.5) is 0 Å². The monoisotopic (exact) mass is 376 g/mol. The molecule has 0 aromatic heterocycles. The Morgan fingerprint density at radius 2 is 1.83 bits per heavy atom. The largest absolute Gasteiger partial charge is 0.473 e. The van der Waals surface area contributed by atoms with Crippen molar-refractivity contribution in [3.05, 3.63) is 65.2 Å². The third-order valence-corrected chi connectivity index (χ3v) is 3.99. The van der Waals surface area contributed by atoms with Gasteiger partial charge >= 0.3 is 5.97 Å². The van der Waals surface area contributed by atoms with E-state index in [-0.39, 0.29) is 5.78 Å². The first-order valence-electron chi connectivity index (χ1n) is 7.06. The number of halogens is 1. The van der Waals surface area contributed by atoms with Gasteiger partial charge in [-0.2, -0.15) is 0 Å². The fourth-order valence-electron chi connectivity index (χ4n) is 2.15. The molecule has 0 fully saturated rings. The molecule has 0 radical (unpaired) electrons. The number of hydrogen-bond acceptors (Lipinski definition) is 4. The quantitative estimate of drug-likeness (QED) is 0.433. The van der Waals surface area contributed by atoms with Crippen molar-refractivity contribution >= 4 is 27.7 Å². The molecule has 2 rings (SSSR count). The highest BCUT2D eigenvalue weighted by molar-refractivity contribution is 9.08.